The average Bonchev–Trinajstić information content (AvgIpc) is 2.90. The molecule has 0 atom stereocenters. The Bertz CT molecular complexity index is 744. The maximum absolute atomic E-state index is 12.0. The summed E-state index contributed by atoms with van der Waals surface area (Å²) >= 11 is 4.82. The molecule has 3 aromatic heterocycles. The van der Waals surface area contributed by atoms with Gasteiger partial charge in [0.15, 0.2) is 4.96 Å². The number of hydrogen-bond acceptors (Lipinski definition) is 4. The minimum absolute atomic E-state index is 0.0844. The molecular formula is C11H9BrN4OS. The lowest BCUT2D eigenvalue weighted by Crippen LogP contribution is -2.22. The van der Waals surface area contributed by atoms with Crippen LogP contribution in [0, 0.1) is 6.92 Å². The number of aryl methyl sites for hydroxylation is 1. The highest BCUT2D eigenvalue weighted by atomic mass is 79.9. The van der Waals surface area contributed by atoms with E-state index >= 15 is 0 Å². The summed E-state index contributed by atoms with van der Waals surface area (Å²) in [6.45, 7) is 2.22. The Morgan fingerprint density at radius 2 is 2.33 bits per heavy atom. The molecule has 5 nitrogen and oxygen atoms in total. The molecule has 0 aliphatic rings. The molecule has 0 radical (unpaired) electrons. The van der Waals surface area contributed by atoms with Gasteiger partial charge in [-0.15, -0.1) is 11.3 Å². The molecular weight excluding hydrogens is 316 g/mol. The summed E-state index contributed by atoms with van der Waals surface area (Å²) in [6, 6.07) is 0. The number of rotatable bonds is 2. The molecule has 0 saturated carbocycles. The van der Waals surface area contributed by atoms with Crippen molar-refractivity contribution in [1.29, 1.82) is 0 Å². The third-order valence-corrected chi connectivity index (χ3v) is 4.32. The summed E-state index contributed by atoms with van der Waals surface area (Å²) in [5.41, 5.74) is 1.46. The SMILES string of the molecule is Cc1ncn(Cc2cn3ccsc3n2)c(=O)c1Br. The van der Waals surface area contributed by atoms with Gasteiger partial charge in [0, 0.05) is 17.8 Å². The number of fused-ring (bicyclic) bond motifs is 1. The standard InChI is InChI=1S/C11H9BrN4OS/c1-7-9(12)10(17)16(6-13-7)5-8-4-15-2-3-18-11(15)14-8/h2-4,6H,5H2,1H3. The summed E-state index contributed by atoms with van der Waals surface area (Å²) in [4.78, 5) is 21.5. The fourth-order valence-corrected chi connectivity index (χ4v) is 2.73. The van der Waals surface area contributed by atoms with Gasteiger partial charge in [-0.3, -0.25) is 13.8 Å². The lowest BCUT2D eigenvalue weighted by Gasteiger charge is -2.04. The third kappa shape index (κ3) is 1.89. The number of hydrogen-bond donors (Lipinski definition) is 0. The van der Waals surface area contributed by atoms with E-state index in [1.54, 1.807) is 29.2 Å². The predicted octanol–water partition coefficient (Wildman–Crippen LogP) is 2.07. The molecule has 0 saturated heterocycles. The van der Waals surface area contributed by atoms with Gasteiger partial charge < -0.3 is 0 Å². The summed E-state index contributed by atoms with van der Waals surface area (Å²) in [6.07, 6.45) is 5.42. The molecule has 0 aliphatic carbocycles. The van der Waals surface area contributed by atoms with Gasteiger partial charge in [-0.2, -0.15) is 0 Å². The van der Waals surface area contributed by atoms with Gasteiger partial charge in [0.2, 0.25) is 0 Å². The third-order valence-electron chi connectivity index (χ3n) is 2.63. The van der Waals surface area contributed by atoms with Gasteiger partial charge in [0.1, 0.15) is 4.47 Å². The highest BCUT2D eigenvalue weighted by molar-refractivity contribution is 9.10. The molecule has 0 unspecified atom stereocenters. The van der Waals surface area contributed by atoms with E-state index in [-0.39, 0.29) is 5.56 Å². The van der Waals surface area contributed by atoms with Crippen molar-refractivity contribution in [2.45, 2.75) is 13.5 Å². The van der Waals surface area contributed by atoms with Crippen LogP contribution in [0.1, 0.15) is 11.4 Å². The van der Waals surface area contributed by atoms with E-state index in [2.05, 4.69) is 25.9 Å². The number of aromatic nitrogens is 4. The average molecular weight is 325 g/mol. The quantitative estimate of drug-likeness (QED) is 0.725. The van der Waals surface area contributed by atoms with Crippen LogP contribution in [0.5, 0.6) is 0 Å². The highest BCUT2D eigenvalue weighted by Crippen LogP contribution is 2.12. The zero-order valence-corrected chi connectivity index (χ0v) is 11.9. The van der Waals surface area contributed by atoms with Gasteiger partial charge in [0.25, 0.3) is 5.56 Å². The lowest BCUT2D eigenvalue weighted by molar-refractivity contribution is 0.712. The fourth-order valence-electron chi connectivity index (χ4n) is 1.69. The minimum atomic E-state index is -0.0844. The normalized spacial score (nSPS) is 11.2. The Hall–Kier alpha value is -1.47. The van der Waals surface area contributed by atoms with Crippen LogP contribution in [-0.2, 0) is 6.54 Å². The zero-order chi connectivity index (χ0) is 12.7. The first-order valence-electron chi connectivity index (χ1n) is 5.28. The first-order chi connectivity index (χ1) is 8.65. The minimum Gasteiger partial charge on any atom is -0.297 e. The number of halogens is 1. The predicted molar refractivity (Wildman–Crippen MR) is 73.1 cm³/mol. The topological polar surface area (TPSA) is 52.2 Å². The van der Waals surface area contributed by atoms with Crippen LogP contribution in [0.3, 0.4) is 0 Å². The Kier molecular flexibility index (Phi) is 2.79. The summed E-state index contributed by atoms with van der Waals surface area (Å²) in [5.74, 6) is 0. The first kappa shape index (κ1) is 11.6. The molecule has 3 rings (SSSR count). The van der Waals surface area contributed by atoms with E-state index < -0.39 is 0 Å². The molecule has 92 valence electrons. The van der Waals surface area contributed by atoms with Crippen molar-refractivity contribution < 1.29 is 0 Å². The Labute approximate surface area is 115 Å². The molecule has 0 aliphatic heterocycles. The van der Waals surface area contributed by atoms with E-state index in [1.807, 2.05) is 22.2 Å². The highest BCUT2D eigenvalue weighted by Gasteiger charge is 2.08. The Morgan fingerprint density at radius 1 is 1.50 bits per heavy atom. The van der Waals surface area contributed by atoms with Crippen LogP contribution in [0.2, 0.25) is 0 Å². The first-order valence-corrected chi connectivity index (χ1v) is 6.95. The summed E-state index contributed by atoms with van der Waals surface area (Å²) in [7, 11) is 0. The van der Waals surface area contributed by atoms with Crippen LogP contribution in [0.25, 0.3) is 4.96 Å². The van der Waals surface area contributed by atoms with E-state index in [0.29, 0.717) is 16.7 Å². The van der Waals surface area contributed by atoms with Crippen molar-refractivity contribution in [1.82, 2.24) is 18.9 Å². The van der Waals surface area contributed by atoms with Gasteiger partial charge in [-0.05, 0) is 22.9 Å². The smallest absolute Gasteiger partial charge is 0.268 e. The maximum Gasteiger partial charge on any atom is 0.268 e. The fraction of sp³-hybridized carbons (Fsp3) is 0.182. The molecule has 0 spiro atoms. The van der Waals surface area contributed by atoms with E-state index in [9.17, 15) is 4.79 Å². The van der Waals surface area contributed by atoms with Crippen molar-refractivity contribution in [3.8, 4) is 0 Å². The lowest BCUT2D eigenvalue weighted by atomic mass is 10.4. The van der Waals surface area contributed by atoms with Gasteiger partial charge in [-0.1, -0.05) is 0 Å². The van der Waals surface area contributed by atoms with Crippen molar-refractivity contribution in [2.75, 3.05) is 0 Å². The second kappa shape index (κ2) is 4.33. The van der Waals surface area contributed by atoms with Gasteiger partial charge in [0.05, 0.1) is 24.3 Å². The van der Waals surface area contributed by atoms with Crippen molar-refractivity contribution in [2.24, 2.45) is 0 Å². The van der Waals surface area contributed by atoms with Crippen LogP contribution < -0.4 is 5.56 Å². The maximum atomic E-state index is 12.0. The van der Waals surface area contributed by atoms with Crippen molar-refractivity contribution in [3.05, 3.63) is 50.3 Å². The number of imidazole rings is 1. The van der Waals surface area contributed by atoms with Crippen LogP contribution in [-0.4, -0.2) is 18.9 Å². The van der Waals surface area contributed by atoms with E-state index in [0.717, 1.165) is 10.7 Å². The number of thiazole rings is 1. The second-order valence-electron chi connectivity index (χ2n) is 3.90. The molecule has 0 aromatic carbocycles. The largest absolute Gasteiger partial charge is 0.297 e. The molecule has 18 heavy (non-hydrogen) atoms. The van der Waals surface area contributed by atoms with Gasteiger partial charge >= 0.3 is 0 Å². The summed E-state index contributed by atoms with van der Waals surface area (Å²) < 4.78 is 4.00. The van der Waals surface area contributed by atoms with E-state index in [1.165, 1.54) is 0 Å². The van der Waals surface area contributed by atoms with E-state index in [4.69, 9.17) is 0 Å². The molecule has 0 amide bonds. The molecule has 0 N–H and O–H groups in total. The summed E-state index contributed by atoms with van der Waals surface area (Å²) in [5, 5.41) is 1.97. The molecule has 7 heteroatoms. The van der Waals surface area contributed by atoms with Crippen molar-refractivity contribution >= 4 is 32.2 Å². The van der Waals surface area contributed by atoms with Crippen molar-refractivity contribution in [3.63, 3.8) is 0 Å². The zero-order valence-electron chi connectivity index (χ0n) is 9.50. The second-order valence-corrected chi connectivity index (χ2v) is 5.57. The Morgan fingerprint density at radius 3 is 3.11 bits per heavy atom. The monoisotopic (exact) mass is 324 g/mol. The number of nitrogens with zero attached hydrogens (tertiary/aromatic N) is 4. The van der Waals surface area contributed by atoms with Crippen LogP contribution in [0.4, 0.5) is 0 Å². The van der Waals surface area contributed by atoms with Crippen LogP contribution >= 0.6 is 27.3 Å². The van der Waals surface area contributed by atoms with Crippen LogP contribution in [0.15, 0.2) is 33.4 Å². The Balaban J connectivity index is 2.00. The molecule has 0 fully saturated rings. The molecule has 3 heterocycles. The molecule has 0 bridgehead atoms. The molecule has 3 aromatic rings. The van der Waals surface area contributed by atoms with Gasteiger partial charge in [-0.25, -0.2) is 9.97 Å².